The minimum absolute atomic E-state index is 0.0449. The maximum Gasteiger partial charge on any atom is 0.340 e. The predicted molar refractivity (Wildman–Crippen MR) is 75.3 cm³/mol. The molecule has 20 heavy (non-hydrogen) atoms. The molecule has 2 rings (SSSR count). The van der Waals surface area contributed by atoms with Crippen LogP contribution in [0.25, 0.3) is 0 Å². The summed E-state index contributed by atoms with van der Waals surface area (Å²) in [5.74, 6) is -1.17. The Balaban J connectivity index is 2.46. The third-order valence-electron chi connectivity index (χ3n) is 2.50. The molecule has 0 radical (unpaired) electrons. The summed E-state index contributed by atoms with van der Waals surface area (Å²) in [6, 6.07) is 5.57. The first-order valence-corrected chi connectivity index (χ1v) is 6.23. The van der Waals surface area contributed by atoms with Gasteiger partial charge in [-0.05, 0) is 18.2 Å². The highest BCUT2D eigenvalue weighted by Gasteiger charge is 2.16. The van der Waals surface area contributed by atoms with Crippen LogP contribution in [-0.4, -0.2) is 18.1 Å². The van der Waals surface area contributed by atoms with Gasteiger partial charge >= 0.3 is 5.97 Å². The van der Waals surface area contributed by atoms with E-state index in [1.54, 1.807) is 0 Å². The van der Waals surface area contributed by atoms with E-state index in [1.807, 2.05) is 0 Å². The van der Waals surface area contributed by atoms with Gasteiger partial charge < -0.3 is 10.1 Å². The second kappa shape index (κ2) is 6.07. The van der Waals surface area contributed by atoms with Gasteiger partial charge in [-0.25, -0.2) is 14.2 Å². The molecule has 0 fully saturated rings. The molecule has 7 heteroatoms. The van der Waals surface area contributed by atoms with E-state index in [1.165, 1.54) is 37.6 Å². The number of carbonyl (C=O) groups is 1. The molecule has 0 bridgehead atoms. The number of nitrogens with zero attached hydrogens (tertiary/aromatic N) is 1. The van der Waals surface area contributed by atoms with Crippen LogP contribution in [0, 0.1) is 5.82 Å². The van der Waals surface area contributed by atoms with E-state index in [9.17, 15) is 9.18 Å². The Morgan fingerprint density at radius 2 is 2.15 bits per heavy atom. The average Bonchev–Trinajstić information content (AvgIpc) is 2.43. The van der Waals surface area contributed by atoms with Gasteiger partial charge in [0.25, 0.3) is 0 Å². The lowest BCUT2D eigenvalue weighted by molar-refractivity contribution is 0.0602. The molecule has 1 N–H and O–H groups in total. The van der Waals surface area contributed by atoms with E-state index in [0.717, 1.165) is 0 Å². The first kappa shape index (κ1) is 14.6. The Morgan fingerprint density at radius 1 is 1.40 bits per heavy atom. The average molecular weight is 315 g/mol. The predicted octanol–water partition coefficient (Wildman–Crippen LogP) is 4.06. The van der Waals surface area contributed by atoms with Crippen LogP contribution in [0.5, 0.6) is 0 Å². The monoisotopic (exact) mass is 314 g/mol. The fourth-order valence-electron chi connectivity index (χ4n) is 1.56. The summed E-state index contributed by atoms with van der Waals surface area (Å²) in [5, 5.41) is 3.02. The first-order chi connectivity index (χ1) is 9.52. The molecule has 2 aromatic rings. The summed E-state index contributed by atoms with van der Waals surface area (Å²) >= 11 is 11.6. The van der Waals surface area contributed by atoms with Crippen LogP contribution in [0.15, 0.2) is 30.5 Å². The van der Waals surface area contributed by atoms with Crippen molar-refractivity contribution in [2.75, 3.05) is 12.4 Å². The van der Waals surface area contributed by atoms with Crippen molar-refractivity contribution in [1.82, 2.24) is 4.98 Å². The standard InChI is InChI=1S/C13H9Cl2FN2O2/c1-20-13(19)7-5-11(15)17-6-10(7)18-12-8(14)3-2-4-9(12)16/h2-6,18H,1H3. The SMILES string of the molecule is COC(=O)c1cc(Cl)ncc1Nc1c(F)cccc1Cl. The number of hydrogen-bond donors (Lipinski definition) is 1. The first-order valence-electron chi connectivity index (χ1n) is 5.48. The maximum absolute atomic E-state index is 13.7. The van der Waals surface area contributed by atoms with Crippen LogP contribution in [0.4, 0.5) is 15.8 Å². The largest absolute Gasteiger partial charge is 0.465 e. The van der Waals surface area contributed by atoms with Gasteiger partial charge in [0, 0.05) is 0 Å². The van der Waals surface area contributed by atoms with Crippen molar-refractivity contribution in [2.45, 2.75) is 0 Å². The molecule has 0 aliphatic rings. The number of para-hydroxylation sites is 1. The number of ether oxygens (including phenoxy) is 1. The maximum atomic E-state index is 13.7. The number of anilines is 2. The van der Waals surface area contributed by atoms with E-state index in [2.05, 4.69) is 15.0 Å². The van der Waals surface area contributed by atoms with E-state index >= 15 is 0 Å². The highest BCUT2D eigenvalue weighted by Crippen LogP contribution is 2.30. The highest BCUT2D eigenvalue weighted by molar-refractivity contribution is 6.33. The number of nitrogens with one attached hydrogen (secondary N) is 1. The van der Waals surface area contributed by atoms with Gasteiger partial charge in [0.1, 0.15) is 11.0 Å². The lowest BCUT2D eigenvalue weighted by atomic mass is 10.2. The van der Waals surface area contributed by atoms with Crippen LogP contribution in [0.3, 0.4) is 0 Å². The van der Waals surface area contributed by atoms with Crippen LogP contribution < -0.4 is 5.32 Å². The Kier molecular flexibility index (Phi) is 4.42. The third-order valence-corrected chi connectivity index (χ3v) is 3.02. The van der Waals surface area contributed by atoms with Crippen molar-refractivity contribution in [3.8, 4) is 0 Å². The van der Waals surface area contributed by atoms with E-state index in [0.29, 0.717) is 0 Å². The molecular formula is C13H9Cl2FN2O2. The number of pyridine rings is 1. The molecular weight excluding hydrogens is 306 g/mol. The van der Waals surface area contributed by atoms with E-state index < -0.39 is 11.8 Å². The third kappa shape index (κ3) is 3.00. The zero-order valence-electron chi connectivity index (χ0n) is 10.3. The second-order valence-corrected chi connectivity index (χ2v) is 4.56. The summed E-state index contributed by atoms with van der Waals surface area (Å²) in [4.78, 5) is 15.5. The minimum atomic E-state index is -0.621. The van der Waals surface area contributed by atoms with Crippen molar-refractivity contribution in [1.29, 1.82) is 0 Å². The van der Waals surface area contributed by atoms with Crippen LogP contribution in [0.1, 0.15) is 10.4 Å². The molecule has 1 heterocycles. The van der Waals surface area contributed by atoms with Crippen LogP contribution >= 0.6 is 23.2 Å². The van der Waals surface area contributed by atoms with Crippen molar-refractivity contribution in [3.05, 3.63) is 52.0 Å². The van der Waals surface area contributed by atoms with Gasteiger partial charge in [-0.3, -0.25) is 0 Å². The van der Waals surface area contributed by atoms with Crippen LogP contribution in [0.2, 0.25) is 10.2 Å². The smallest absolute Gasteiger partial charge is 0.340 e. The topological polar surface area (TPSA) is 51.2 Å². The number of halogens is 3. The number of carbonyl (C=O) groups excluding carboxylic acids is 1. The summed E-state index contributed by atoms with van der Waals surface area (Å²) < 4.78 is 18.4. The van der Waals surface area contributed by atoms with Gasteiger partial charge in [0.2, 0.25) is 0 Å². The number of benzene rings is 1. The molecule has 0 aliphatic heterocycles. The molecule has 1 aromatic heterocycles. The lowest BCUT2D eigenvalue weighted by Crippen LogP contribution is -2.07. The number of methoxy groups -OCH3 is 1. The van der Waals surface area contributed by atoms with Gasteiger partial charge in [-0.15, -0.1) is 0 Å². The van der Waals surface area contributed by atoms with Crippen molar-refractivity contribution in [2.24, 2.45) is 0 Å². The zero-order chi connectivity index (χ0) is 14.7. The number of aromatic nitrogens is 1. The van der Waals surface area contributed by atoms with Crippen molar-refractivity contribution in [3.63, 3.8) is 0 Å². The highest BCUT2D eigenvalue weighted by atomic mass is 35.5. The second-order valence-electron chi connectivity index (χ2n) is 3.77. The molecule has 0 saturated carbocycles. The van der Waals surface area contributed by atoms with E-state index in [-0.39, 0.29) is 27.1 Å². The van der Waals surface area contributed by atoms with Gasteiger partial charge in [0.15, 0.2) is 0 Å². The molecule has 4 nitrogen and oxygen atoms in total. The summed E-state index contributed by atoms with van der Waals surface area (Å²) in [7, 11) is 1.23. The summed E-state index contributed by atoms with van der Waals surface area (Å²) in [6.45, 7) is 0. The Bertz CT molecular complexity index is 645. The molecule has 0 spiro atoms. The Hall–Kier alpha value is -1.85. The molecule has 104 valence electrons. The Labute approximate surface area is 124 Å². The van der Waals surface area contributed by atoms with E-state index in [4.69, 9.17) is 23.2 Å². The number of hydrogen-bond acceptors (Lipinski definition) is 4. The number of rotatable bonds is 3. The normalized spacial score (nSPS) is 10.2. The zero-order valence-corrected chi connectivity index (χ0v) is 11.8. The van der Waals surface area contributed by atoms with Crippen molar-refractivity contribution < 1.29 is 13.9 Å². The fourth-order valence-corrected chi connectivity index (χ4v) is 1.93. The Morgan fingerprint density at radius 3 is 2.80 bits per heavy atom. The summed E-state index contributed by atoms with van der Waals surface area (Å²) in [5.41, 5.74) is 0.420. The summed E-state index contributed by atoms with van der Waals surface area (Å²) in [6.07, 6.45) is 1.30. The van der Waals surface area contributed by atoms with Gasteiger partial charge in [-0.2, -0.15) is 0 Å². The fraction of sp³-hybridized carbons (Fsp3) is 0.0769. The van der Waals surface area contributed by atoms with Gasteiger partial charge in [-0.1, -0.05) is 29.3 Å². The molecule has 0 atom stereocenters. The minimum Gasteiger partial charge on any atom is -0.465 e. The quantitative estimate of drug-likeness (QED) is 0.685. The molecule has 0 saturated heterocycles. The van der Waals surface area contributed by atoms with Crippen molar-refractivity contribution >= 4 is 40.5 Å². The molecule has 1 aromatic carbocycles. The van der Waals surface area contributed by atoms with Gasteiger partial charge in [0.05, 0.1) is 35.3 Å². The lowest BCUT2D eigenvalue weighted by Gasteiger charge is -2.12. The van der Waals surface area contributed by atoms with Crippen LogP contribution in [-0.2, 0) is 4.74 Å². The molecule has 0 aliphatic carbocycles. The molecule has 0 amide bonds. The molecule has 0 unspecified atom stereocenters. The number of esters is 1.